The molecule has 102 valence electrons. The first kappa shape index (κ1) is 13.4. The van der Waals surface area contributed by atoms with Gasteiger partial charge in [-0.2, -0.15) is 0 Å². The molecule has 5 heteroatoms. The number of nitrogen functional groups attached to an aromatic ring is 1. The van der Waals surface area contributed by atoms with Crippen molar-refractivity contribution in [3.8, 4) is 0 Å². The zero-order valence-electron chi connectivity index (χ0n) is 11.2. The smallest absolute Gasteiger partial charge is 0.290 e. The molecule has 1 aromatic carbocycles. The first-order valence-electron chi connectivity index (χ1n) is 6.40. The second-order valence-electron chi connectivity index (χ2n) is 4.42. The second kappa shape index (κ2) is 5.30. The molecule has 4 nitrogen and oxygen atoms in total. The molecule has 0 radical (unpaired) electrons. The highest BCUT2D eigenvalue weighted by Crippen LogP contribution is 2.11. The van der Waals surface area contributed by atoms with Gasteiger partial charge in [0.1, 0.15) is 11.5 Å². The average molecular weight is 263 g/mol. The average Bonchev–Trinajstić information content (AvgIpc) is 2.65. The van der Waals surface area contributed by atoms with Crippen molar-refractivity contribution in [3.63, 3.8) is 0 Å². The molecule has 1 heterocycles. The Kier molecular flexibility index (Phi) is 3.74. The van der Waals surface area contributed by atoms with Gasteiger partial charge in [-0.1, -0.05) is 19.1 Å². The maximum atomic E-state index is 12.9. The summed E-state index contributed by atoms with van der Waals surface area (Å²) >= 11 is 0. The van der Waals surface area contributed by atoms with Crippen LogP contribution in [0.1, 0.15) is 25.1 Å². The molecule has 0 amide bonds. The summed E-state index contributed by atoms with van der Waals surface area (Å²) in [6, 6.07) is 6.14. The lowest BCUT2D eigenvalue weighted by Gasteiger charge is -2.12. The van der Waals surface area contributed by atoms with Crippen molar-refractivity contribution in [1.82, 2.24) is 9.36 Å². The largest absolute Gasteiger partial charge is 0.393 e. The first-order chi connectivity index (χ1) is 9.08. The number of nitrogens with two attached hydrogens (primary N) is 1. The summed E-state index contributed by atoms with van der Waals surface area (Å²) in [6.45, 7) is 5.02. The molecule has 2 aromatic rings. The van der Waals surface area contributed by atoms with Crippen molar-refractivity contribution in [2.75, 3.05) is 5.73 Å². The SMILES string of the molecule is CCc1c(N)c(=O)n(Cc2ccc(F)cc2)n1CC. The van der Waals surface area contributed by atoms with E-state index in [1.54, 1.807) is 16.8 Å². The number of hydrogen-bond acceptors (Lipinski definition) is 2. The van der Waals surface area contributed by atoms with Crippen molar-refractivity contribution in [2.24, 2.45) is 0 Å². The van der Waals surface area contributed by atoms with E-state index in [4.69, 9.17) is 5.73 Å². The number of halogens is 1. The molecule has 0 aliphatic heterocycles. The van der Waals surface area contributed by atoms with Gasteiger partial charge in [0.25, 0.3) is 5.56 Å². The molecule has 0 aliphatic rings. The minimum Gasteiger partial charge on any atom is -0.393 e. The van der Waals surface area contributed by atoms with E-state index in [0.717, 1.165) is 11.3 Å². The van der Waals surface area contributed by atoms with Crippen molar-refractivity contribution >= 4 is 5.69 Å². The molecule has 0 fully saturated rings. The van der Waals surface area contributed by atoms with Crippen molar-refractivity contribution in [3.05, 3.63) is 51.7 Å². The van der Waals surface area contributed by atoms with Crippen LogP contribution in [0, 0.1) is 5.82 Å². The fourth-order valence-corrected chi connectivity index (χ4v) is 2.31. The summed E-state index contributed by atoms with van der Waals surface area (Å²) < 4.78 is 16.4. The summed E-state index contributed by atoms with van der Waals surface area (Å²) in [6.07, 6.45) is 0.714. The van der Waals surface area contributed by atoms with E-state index in [1.165, 1.54) is 12.1 Å². The van der Waals surface area contributed by atoms with E-state index < -0.39 is 0 Å². The predicted octanol–water partition coefficient (Wildman–Crippen LogP) is 2.00. The van der Waals surface area contributed by atoms with Crippen LogP contribution in [0.5, 0.6) is 0 Å². The quantitative estimate of drug-likeness (QED) is 0.917. The molecule has 2 rings (SSSR count). The van der Waals surface area contributed by atoms with Crippen LogP contribution in [-0.2, 0) is 19.5 Å². The monoisotopic (exact) mass is 263 g/mol. The van der Waals surface area contributed by atoms with Crippen LogP contribution >= 0.6 is 0 Å². The highest BCUT2D eigenvalue weighted by Gasteiger charge is 2.15. The van der Waals surface area contributed by atoms with Crippen molar-refractivity contribution in [1.29, 1.82) is 0 Å². The number of aromatic nitrogens is 2. The lowest BCUT2D eigenvalue weighted by molar-refractivity contribution is 0.474. The van der Waals surface area contributed by atoms with Gasteiger partial charge in [0.2, 0.25) is 0 Å². The van der Waals surface area contributed by atoms with E-state index in [1.807, 2.05) is 18.5 Å². The van der Waals surface area contributed by atoms with Gasteiger partial charge in [0.05, 0.1) is 12.2 Å². The molecule has 0 bridgehead atoms. The Bertz CT molecular complexity index is 625. The van der Waals surface area contributed by atoms with Crippen LogP contribution in [0.15, 0.2) is 29.1 Å². The molecule has 0 saturated heterocycles. The fourth-order valence-electron chi connectivity index (χ4n) is 2.31. The Balaban J connectivity index is 2.45. The number of hydrogen-bond donors (Lipinski definition) is 1. The Hall–Kier alpha value is -2.04. The van der Waals surface area contributed by atoms with Gasteiger partial charge >= 0.3 is 0 Å². The summed E-state index contributed by atoms with van der Waals surface area (Å²) in [5, 5.41) is 0. The van der Waals surface area contributed by atoms with E-state index in [9.17, 15) is 9.18 Å². The molecule has 0 spiro atoms. The van der Waals surface area contributed by atoms with Crippen molar-refractivity contribution in [2.45, 2.75) is 33.4 Å². The maximum Gasteiger partial charge on any atom is 0.290 e. The third kappa shape index (κ3) is 2.41. The van der Waals surface area contributed by atoms with E-state index in [-0.39, 0.29) is 11.4 Å². The van der Waals surface area contributed by atoms with Gasteiger partial charge in [-0.3, -0.25) is 9.48 Å². The number of benzene rings is 1. The van der Waals surface area contributed by atoms with Crippen LogP contribution in [0.4, 0.5) is 10.1 Å². The molecular weight excluding hydrogens is 245 g/mol. The molecule has 19 heavy (non-hydrogen) atoms. The van der Waals surface area contributed by atoms with E-state index in [0.29, 0.717) is 25.2 Å². The van der Waals surface area contributed by atoms with E-state index in [2.05, 4.69) is 0 Å². The number of rotatable bonds is 4. The lowest BCUT2D eigenvalue weighted by atomic mass is 10.2. The molecular formula is C14H18FN3O. The molecule has 0 saturated carbocycles. The van der Waals surface area contributed by atoms with Crippen molar-refractivity contribution < 1.29 is 4.39 Å². The second-order valence-corrected chi connectivity index (χ2v) is 4.42. The maximum absolute atomic E-state index is 12.9. The highest BCUT2D eigenvalue weighted by atomic mass is 19.1. The van der Waals surface area contributed by atoms with Crippen LogP contribution in [0.3, 0.4) is 0 Å². The minimum absolute atomic E-state index is 0.178. The highest BCUT2D eigenvalue weighted by molar-refractivity contribution is 5.41. The Labute approximate surface area is 111 Å². The predicted molar refractivity (Wildman–Crippen MR) is 73.7 cm³/mol. The topological polar surface area (TPSA) is 53.0 Å². The van der Waals surface area contributed by atoms with Gasteiger partial charge in [-0.15, -0.1) is 0 Å². The minimum atomic E-state index is -0.282. The van der Waals surface area contributed by atoms with E-state index >= 15 is 0 Å². The Morgan fingerprint density at radius 2 is 1.79 bits per heavy atom. The molecule has 1 aromatic heterocycles. The zero-order chi connectivity index (χ0) is 14.0. The Morgan fingerprint density at radius 1 is 1.16 bits per heavy atom. The normalized spacial score (nSPS) is 10.9. The summed E-state index contributed by atoms with van der Waals surface area (Å²) in [7, 11) is 0. The fraction of sp³-hybridized carbons (Fsp3) is 0.357. The van der Waals surface area contributed by atoms with Crippen LogP contribution in [-0.4, -0.2) is 9.36 Å². The van der Waals surface area contributed by atoms with Crippen LogP contribution in [0.25, 0.3) is 0 Å². The standard InChI is InChI=1S/C14H18FN3O/c1-3-12-13(16)14(19)18(17(12)4-2)9-10-5-7-11(15)8-6-10/h5-8H,3-4,9,16H2,1-2H3. The third-order valence-electron chi connectivity index (χ3n) is 3.26. The lowest BCUT2D eigenvalue weighted by Crippen LogP contribution is -2.24. The zero-order valence-corrected chi connectivity index (χ0v) is 11.2. The first-order valence-corrected chi connectivity index (χ1v) is 6.40. The van der Waals surface area contributed by atoms with Gasteiger partial charge in [0, 0.05) is 6.54 Å². The molecule has 0 aliphatic carbocycles. The number of nitrogens with zero attached hydrogens (tertiary/aromatic N) is 2. The summed E-state index contributed by atoms with van der Waals surface area (Å²) in [5.41, 5.74) is 7.72. The summed E-state index contributed by atoms with van der Waals surface area (Å²) in [5.74, 6) is -0.282. The summed E-state index contributed by atoms with van der Waals surface area (Å²) in [4.78, 5) is 12.1. The third-order valence-corrected chi connectivity index (χ3v) is 3.26. The van der Waals surface area contributed by atoms with Gasteiger partial charge < -0.3 is 5.73 Å². The Morgan fingerprint density at radius 3 is 2.32 bits per heavy atom. The van der Waals surface area contributed by atoms with Gasteiger partial charge in [0.15, 0.2) is 0 Å². The number of anilines is 1. The van der Waals surface area contributed by atoms with Crippen LogP contribution in [0.2, 0.25) is 0 Å². The molecule has 0 unspecified atom stereocenters. The molecule has 0 atom stereocenters. The van der Waals surface area contributed by atoms with Gasteiger partial charge in [-0.05, 0) is 31.0 Å². The van der Waals surface area contributed by atoms with Crippen LogP contribution < -0.4 is 11.3 Å². The molecule has 2 N–H and O–H groups in total. The van der Waals surface area contributed by atoms with Gasteiger partial charge in [-0.25, -0.2) is 9.07 Å².